The van der Waals surface area contributed by atoms with Crippen LogP contribution in [0, 0.1) is 5.92 Å². The molecule has 1 N–H and O–H groups in total. The van der Waals surface area contributed by atoms with Gasteiger partial charge in [0.1, 0.15) is 0 Å². The highest BCUT2D eigenvalue weighted by molar-refractivity contribution is 5.82. The van der Waals surface area contributed by atoms with E-state index in [1.54, 1.807) is 7.11 Å². The fourth-order valence-corrected chi connectivity index (χ4v) is 2.77. The van der Waals surface area contributed by atoms with Crippen molar-refractivity contribution in [2.24, 2.45) is 5.92 Å². The van der Waals surface area contributed by atoms with Gasteiger partial charge in [-0.1, -0.05) is 38.1 Å². The van der Waals surface area contributed by atoms with Crippen molar-refractivity contribution in [2.45, 2.75) is 32.7 Å². The fraction of sp³-hybridized carbons (Fsp3) is 0.500. The van der Waals surface area contributed by atoms with Crippen molar-refractivity contribution >= 4 is 10.9 Å². The van der Waals surface area contributed by atoms with Crippen molar-refractivity contribution < 1.29 is 4.74 Å². The van der Waals surface area contributed by atoms with Gasteiger partial charge in [0.2, 0.25) is 0 Å². The first kappa shape index (κ1) is 15.9. The molecule has 0 bridgehead atoms. The first-order chi connectivity index (χ1) is 10.3. The summed E-state index contributed by atoms with van der Waals surface area (Å²) in [5.74, 6) is 0.504. The van der Waals surface area contributed by atoms with Crippen LogP contribution in [0.15, 0.2) is 36.5 Å². The van der Waals surface area contributed by atoms with Gasteiger partial charge in [0.15, 0.2) is 0 Å². The van der Waals surface area contributed by atoms with Gasteiger partial charge in [-0.3, -0.25) is 4.98 Å². The number of hydrogen-bond acceptors (Lipinski definition) is 3. The lowest BCUT2D eigenvalue weighted by Crippen LogP contribution is -2.28. The van der Waals surface area contributed by atoms with Crippen molar-refractivity contribution in [3.8, 4) is 0 Å². The molecule has 3 heteroatoms. The van der Waals surface area contributed by atoms with E-state index in [1.807, 2.05) is 12.3 Å². The number of fused-ring (bicyclic) bond motifs is 1. The smallest absolute Gasteiger partial charge is 0.0749 e. The molecule has 1 aromatic heterocycles. The van der Waals surface area contributed by atoms with Crippen LogP contribution in [0.1, 0.15) is 38.3 Å². The van der Waals surface area contributed by atoms with Crippen LogP contribution in [0.4, 0.5) is 0 Å². The summed E-state index contributed by atoms with van der Waals surface area (Å²) < 4.78 is 5.25. The maximum Gasteiger partial charge on any atom is 0.0749 e. The van der Waals surface area contributed by atoms with E-state index in [9.17, 15) is 0 Å². The number of nitrogens with zero attached hydrogens (tertiary/aromatic N) is 1. The van der Waals surface area contributed by atoms with Crippen LogP contribution in [-0.4, -0.2) is 25.2 Å². The van der Waals surface area contributed by atoms with E-state index in [1.165, 1.54) is 10.9 Å². The predicted molar refractivity (Wildman–Crippen MR) is 88.4 cm³/mol. The summed E-state index contributed by atoms with van der Waals surface area (Å²) in [6.07, 6.45) is 4.05. The number of benzene rings is 1. The molecule has 0 fully saturated rings. The van der Waals surface area contributed by atoms with Crippen LogP contribution in [0.25, 0.3) is 10.9 Å². The molecule has 114 valence electrons. The van der Waals surface area contributed by atoms with E-state index in [2.05, 4.69) is 48.4 Å². The van der Waals surface area contributed by atoms with Gasteiger partial charge in [-0.25, -0.2) is 0 Å². The van der Waals surface area contributed by atoms with Crippen LogP contribution >= 0.6 is 0 Å². The Balaban J connectivity index is 2.33. The third-order valence-corrected chi connectivity index (χ3v) is 3.96. The minimum absolute atomic E-state index is 0.318. The SMILES string of the molecule is CCCNC(c1cccc2cccnc12)C(C)CCOC. The van der Waals surface area contributed by atoms with Gasteiger partial charge in [0, 0.05) is 31.3 Å². The molecule has 0 aliphatic carbocycles. The van der Waals surface area contributed by atoms with Crippen LogP contribution in [0.3, 0.4) is 0 Å². The molecule has 2 unspecified atom stereocenters. The Hall–Kier alpha value is -1.45. The Kier molecular flexibility index (Phi) is 6.15. The number of aromatic nitrogens is 1. The van der Waals surface area contributed by atoms with E-state index in [4.69, 9.17) is 4.74 Å². The standard InChI is InChI=1S/C18H26N2O/c1-4-11-19-17(14(2)10-13-21-3)16-9-5-7-15-8-6-12-20-18(15)16/h5-9,12,14,17,19H,4,10-11,13H2,1-3H3. The molecular formula is C18H26N2O. The average Bonchev–Trinajstić information content (AvgIpc) is 2.53. The molecule has 0 saturated carbocycles. The molecule has 2 aromatic rings. The van der Waals surface area contributed by atoms with E-state index in [0.717, 1.165) is 31.5 Å². The van der Waals surface area contributed by atoms with Crippen molar-refractivity contribution in [2.75, 3.05) is 20.3 Å². The monoisotopic (exact) mass is 286 g/mol. The summed E-state index contributed by atoms with van der Waals surface area (Å²) in [4.78, 5) is 4.60. The molecule has 0 spiro atoms. The number of methoxy groups -OCH3 is 1. The second kappa shape index (κ2) is 8.11. The lowest BCUT2D eigenvalue weighted by atomic mass is 9.90. The second-order valence-corrected chi connectivity index (χ2v) is 5.61. The topological polar surface area (TPSA) is 34.2 Å². The van der Waals surface area contributed by atoms with Gasteiger partial charge < -0.3 is 10.1 Å². The van der Waals surface area contributed by atoms with Gasteiger partial charge >= 0.3 is 0 Å². The number of ether oxygens (including phenoxy) is 1. The van der Waals surface area contributed by atoms with Crippen molar-refractivity contribution in [3.63, 3.8) is 0 Å². The van der Waals surface area contributed by atoms with Crippen LogP contribution in [0.5, 0.6) is 0 Å². The predicted octanol–water partition coefficient (Wildman–Crippen LogP) is 3.95. The van der Waals surface area contributed by atoms with Crippen molar-refractivity contribution in [1.29, 1.82) is 0 Å². The third-order valence-electron chi connectivity index (χ3n) is 3.96. The highest BCUT2D eigenvalue weighted by Gasteiger charge is 2.20. The van der Waals surface area contributed by atoms with Gasteiger partial charge in [-0.2, -0.15) is 0 Å². The van der Waals surface area contributed by atoms with Crippen molar-refractivity contribution in [1.82, 2.24) is 10.3 Å². The number of rotatable bonds is 8. The zero-order valence-corrected chi connectivity index (χ0v) is 13.3. The molecule has 0 radical (unpaired) electrons. The zero-order chi connectivity index (χ0) is 15.1. The number of pyridine rings is 1. The highest BCUT2D eigenvalue weighted by Crippen LogP contribution is 2.29. The largest absolute Gasteiger partial charge is 0.385 e. The van der Waals surface area contributed by atoms with Gasteiger partial charge in [-0.05, 0) is 36.9 Å². The Morgan fingerprint density at radius 2 is 2.05 bits per heavy atom. The highest BCUT2D eigenvalue weighted by atomic mass is 16.5. The van der Waals surface area contributed by atoms with E-state index < -0.39 is 0 Å². The molecule has 3 nitrogen and oxygen atoms in total. The number of nitrogens with one attached hydrogen (secondary N) is 1. The maximum absolute atomic E-state index is 5.25. The summed E-state index contributed by atoms with van der Waals surface area (Å²) in [6.45, 7) is 6.30. The first-order valence-electron chi connectivity index (χ1n) is 7.84. The molecule has 0 saturated heterocycles. The average molecular weight is 286 g/mol. The van der Waals surface area contributed by atoms with Crippen LogP contribution < -0.4 is 5.32 Å². The summed E-state index contributed by atoms with van der Waals surface area (Å²) in [7, 11) is 1.76. The lowest BCUT2D eigenvalue weighted by Gasteiger charge is -2.26. The van der Waals surface area contributed by atoms with E-state index in [0.29, 0.717) is 12.0 Å². The first-order valence-corrected chi connectivity index (χ1v) is 7.84. The van der Waals surface area contributed by atoms with Crippen LogP contribution in [-0.2, 0) is 4.74 Å². The molecule has 2 rings (SSSR count). The quantitative estimate of drug-likeness (QED) is 0.798. The molecule has 1 aromatic carbocycles. The molecule has 0 aliphatic heterocycles. The molecule has 2 atom stereocenters. The zero-order valence-electron chi connectivity index (χ0n) is 13.3. The van der Waals surface area contributed by atoms with Gasteiger partial charge in [-0.15, -0.1) is 0 Å². The number of hydrogen-bond donors (Lipinski definition) is 1. The summed E-state index contributed by atoms with van der Waals surface area (Å²) >= 11 is 0. The molecular weight excluding hydrogens is 260 g/mol. The van der Waals surface area contributed by atoms with E-state index in [-0.39, 0.29) is 0 Å². The minimum atomic E-state index is 0.318. The normalized spacial score (nSPS) is 14.2. The third kappa shape index (κ3) is 4.02. The Bertz CT molecular complexity index is 550. The van der Waals surface area contributed by atoms with Gasteiger partial charge in [0.05, 0.1) is 5.52 Å². The number of para-hydroxylation sites is 1. The Labute approximate surface area is 127 Å². The molecule has 0 amide bonds. The molecule has 0 aliphatic rings. The van der Waals surface area contributed by atoms with Gasteiger partial charge in [0.25, 0.3) is 0 Å². The van der Waals surface area contributed by atoms with E-state index >= 15 is 0 Å². The second-order valence-electron chi connectivity index (χ2n) is 5.61. The molecule has 1 heterocycles. The fourth-order valence-electron chi connectivity index (χ4n) is 2.77. The maximum atomic E-state index is 5.25. The van der Waals surface area contributed by atoms with Crippen LogP contribution in [0.2, 0.25) is 0 Å². The summed E-state index contributed by atoms with van der Waals surface area (Å²) in [6, 6.07) is 10.9. The van der Waals surface area contributed by atoms with Crippen molar-refractivity contribution in [3.05, 3.63) is 42.1 Å². The Morgan fingerprint density at radius 1 is 1.24 bits per heavy atom. The summed E-state index contributed by atoms with van der Waals surface area (Å²) in [5, 5.41) is 4.90. The molecule has 21 heavy (non-hydrogen) atoms. The lowest BCUT2D eigenvalue weighted by molar-refractivity contribution is 0.170. The minimum Gasteiger partial charge on any atom is -0.385 e. The summed E-state index contributed by atoms with van der Waals surface area (Å²) in [5.41, 5.74) is 2.41. The Morgan fingerprint density at radius 3 is 2.81 bits per heavy atom.